The molecule has 0 saturated carbocycles. The van der Waals surface area contributed by atoms with Crippen LogP contribution in [0.2, 0.25) is 0 Å². The molecule has 0 radical (unpaired) electrons. The Morgan fingerprint density at radius 1 is 1.33 bits per heavy atom. The van der Waals surface area contributed by atoms with E-state index in [9.17, 15) is 9.59 Å². The van der Waals surface area contributed by atoms with Crippen molar-refractivity contribution < 1.29 is 14.3 Å². The molecule has 0 unspecified atom stereocenters. The van der Waals surface area contributed by atoms with Crippen LogP contribution in [0.5, 0.6) is 0 Å². The normalized spacial score (nSPS) is 16.3. The Morgan fingerprint density at radius 3 is 2.72 bits per heavy atom. The number of hydrazine groups is 1. The Labute approximate surface area is 109 Å². The molecule has 1 rings (SSSR count). The van der Waals surface area contributed by atoms with Crippen molar-refractivity contribution in [2.24, 2.45) is 0 Å². The minimum absolute atomic E-state index is 0.114. The molecule has 0 N–H and O–H groups in total. The lowest BCUT2D eigenvalue weighted by molar-refractivity contribution is -0.146. The first kappa shape index (κ1) is 15.0. The molecular weight excluding hydrogens is 232 g/mol. The van der Waals surface area contributed by atoms with Gasteiger partial charge in [-0.3, -0.25) is 14.6 Å². The van der Waals surface area contributed by atoms with E-state index in [1.165, 1.54) is 12.8 Å². The SMILES string of the molecule is CCCCCCOC(=O)CCN1CCC(=O)N1C. The summed E-state index contributed by atoms with van der Waals surface area (Å²) >= 11 is 0. The van der Waals surface area contributed by atoms with E-state index in [2.05, 4.69) is 6.92 Å². The Bertz CT molecular complexity index is 281. The maximum atomic E-state index is 11.5. The number of amides is 1. The molecular formula is C13H24N2O3. The average molecular weight is 256 g/mol. The van der Waals surface area contributed by atoms with Crippen LogP contribution in [0, 0.1) is 0 Å². The van der Waals surface area contributed by atoms with Crippen LogP contribution in [-0.4, -0.2) is 48.6 Å². The highest BCUT2D eigenvalue weighted by Crippen LogP contribution is 2.09. The van der Waals surface area contributed by atoms with E-state index in [0.29, 0.717) is 32.5 Å². The van der Waals surface area contributed by atoms with Gasteiger partial charge in [-0.05, 0) is 6.42 Å². The van der Waals surface area contributed by atoms with Gasteiger partial charge in [-0.2, -0.15) is 0 Å². The van der Waals surface area contributed by atoms with Crippen molar-refractivity contribution in [3.63, 3.8) is 0 Å². The molecule has 104 valence electrons. The summed E-state index contributed by atoms with van der Waals surface area (Å²) in [6.45, 7) is 3.95. The van der Waals surface area contributed by atoms with Gasteiger partial charge in [0.2, 0.25) is 5.91 Å². The van der Waals surface area contributed by atoms with Gasteiger partial charge in [0.25, 0.3) is 0 Å². The van der Waals surface area contributed by atoms with Gasteiger partial charge in [-0.25, -0.2) is 5.01 Å². The summed E-state index contributed by atoms with van der Waals surface area (Å²) in [7, 11) is 1.74. The highest BCUT2D eigenvalue weighted by molar-refractivity contribution is 5.77. The number of rotatable bonds is 8. The number of hydrogen-bond acceptors (Lipinski definition) is 4. The molecule has 5 heteroatoms. The number of esters is 1. The molecule has 1 aliphatic rings. The lowest BCUT2D eigenvalue weighted by Crippen LogP contribution is -2.37. The van der Waals surface area contributed by atoms with Crippen molar-refractivity contribution in [1.29, 1.82) is 0 Å². The van der Waals surface area contributed by atoms with Gasteiger partial charge in [-0.1, -0.05) is 26.2 Å². The van der Waals surface area contributed by atoms with Gasteiger partial charge in [0.05, 0.1) is 13.0 Å². The van der Waals surface area contributed by atoms with Gasteiger partial charge < -0.3 is 4.74 Å². The number of nitrogens with zero attached hydrogens (tertiary/aromatic N) is 2. The number of carbonyl (C=O) groups is 2. The van der Waals surface area contributed by atoms with Crippen molar-refractivity contribution in [3.05, 3.63) is 0 Å². The molecule has 1 heterocycles. The average Bonchev–Trinajstić information content (AvgIpc) is 2.67. The standard InChI is InChI=1S/C13H24N2O3/c1-3-4-5-6-11-18-13(17)8-10-15-9-7-12(16)14(15)2/h3-11H2,1-2H3. The zero-order valence-electron chi connectivity index (χ0n) is 11.5. The molecule has 5 nitrogen and oxygen atoms in total. The van der Waals surface area contributed by atoms with E-state index in [4.69, 9.17) is 4.74 Å². The zero-order chi connectivity index (χ0) is 13.4. The van der Waals surface area contributed by atoms with E-state index in [1.54, 1.807) is 12.1 Å². The smallest absolute Gasteiger partial charge is 0.307 e. The summed E-state index contributed by atoms with van der Waals surface area (Å²) in [6.07, 6.45) is 5.34. The molecule has 0 spiro atoms. The van der Waals surface area contributed by atoms with Gasteiger partial charge in [0.15, 0.2) is 0 Å². The van der Waals surface area contributed by atoms with Crippen LogP contribution in [0.1, 0.15) is 45.4 Å². The fraction of sp³-hybridized carbons (Fsp3) is 0.846. The van der Waals surface area contributed by atoms with Crippen molar-refractivity contribution >= 4 is 11.9 Å². The molecule has 1 amide bonds. The maximum Gasteiger partial charge on any atom is 0.307 e. The number of hydrogen-bond donors (Lipinski definition) is 0. The van der Waals surface area contributed by atoms with Crippen LogP contribution in [0.25, 0.3) is 0 Å². The van der Waals surface area contributed by atoms with Crippen LogP contribution in [0.3, 0.4) is 0 Å². The topological polar surface area (TPSA) is 49.9 Å². The zero-order valence-corrected chi connectivity index (χ0v) is 11.5. The summed E-state index contributed by atoms with van der Waals surface area (Å²) in [5.74, 6) is -0.0535. The molecule has 0 bridgehead atoms. The van der Waals surface area contributed by atoms with Crippen molar-refractivity contribution in [2.45, 2.75) is 45.4 Å². The third-order valence-electron chi connectivity index (χ3n) is 3.20. The molecule has 0 aromatic heterocycles. The Balaban J connectivity index is 2.05. The first-order valence-corrected chi connectivity index (χ1v) is 6.82. The summed E-state index contributed by atoms with van der Waals surface area (Å²) < 4.78 is 5.14. The predicted molar refractivity (Wildman–Crippen MR) is 68.7 cm³/mol. The highest BCUT2D eigenvalue weighted by atomic mass is 16.5. The Morgan fingerprint density at radius 2 is 2.11 bits per heavy atom. The van der Waals surface area contributed by atoms with E-state index in [-0.39, 0.29) is 11.9 Å². The first-order valence-electron chi connectivity index (χ1n) is 6.82. The second-order valence-corrected chi connectivity index (χ2v) is 4.65. The third kappa shape index (κ3) is 5.04. The second-order valence-electron chi connectivity index (χ2n) is 4.65. The molecule has 1 saturated heterocycles. The van der Waals surface area contributed by atoms with Gasteiger partial charge in [0, 0.05) is 26.6 Å². The maximum absolute atomic E-state index is 11.5. The van der Waals surface area contributed by atoms with E-state index >= 15 is 0 Å². The quantitative estimate of drug-likeness (QED) is 0.489. The molecule has 0 aliphatic carbocycles. The van der Waals surface area contributed by atoms with Crippen molar-refractivity contribution in [3.8, 4) is 0 Å². The third-order valence-corrected chi connectivity index (χ3v) is 3.20. The molecule has 0 aromatic carbocycles. The highest BCUT2D eigenvalue weighted by Gasteiger charge is 2.25. The van der Waals surface area contributed by atoms with Crippen LogP contribution in [0.4, 0.5) is 0 Å². The van der Waals surface area contributed by atoms with Crippen molar-refractivity contribution in [1.82, 2.24) is 10.0 Å². The molecule has 18 heavy (non-hydrogen) atoms. The molecule has 0 aromatic rings. The number of carbonyl (C=O) groups excluding carboxylic acids is 2. The fourth-order valence-corrected chi connectivity index (χ4v) is 1.96. The number of ether oxygens (including phenoxy) is 1. The summed E-state index contributed by atoms with van der Waals surface area (Å²) in [5.41, 5.74) is 0. The van der Waals surface area contributed by atoms with Gasteiger partial charge >= 0.3 is 5.97 Å². The molecule has 0 atom stereocenters. The minimum Gasteiger partial charge on any atom is -0.466 e. The monoisotopic (exact) mass is 256 g/mol. The molecule has 1 aliphatic heterocycles. The van der Waals surface area contributed by atoms with Crippen LogP contribution in [0.15, 0.2) is 0 Å². The molecule has 1 fully saturated rings. The van der Waals surface area contributed by atoms with Crippen LogP contribution in [-0.2, 0) is 14.3 Å². The summed E-state index contributed by atoms with van der Waals surface area (Å²) in [5, 5.41) is 3.48. The van der Waals surface area contributed by atoms with Crippen LogP contribution >= 0.6 is 0 Å². The van der Waals surface area contributed by atoms with Crippen LogP contribution < -0.4 is 0 Å². The van der Waals surface area contributed by atoms with Crippen molar-refractivity contribution in [2.75, 3.05) is 26.7 Å². The first-order chi connectivity index (χ1) is 8.65. The van der Waals surface area contributed by atoms with E-state index in [1.807, 2.05) is 5.01 Å². The predicted octanol–water partition coefficient (Wildman–Crippen LogP) is 1.58. The lowest BCUT2D eigenvalue weighted by atomic mass is 10.2. The van der Waals surface area contributed by atoms with E-state index < -0.39 is 0 Å². The summed E-state index contributed by atoms with van der Waals surface area (Å²) in [6, 6.07) is 0. The fourth-order valence-electron chi connectivity index (χ4n) is 1.96. The lowest BCUT2D eigenvalue weighted by Gasteiger charge is -2.23. The summed E-state index contributed by atoms with van der Waals surface area (Å²) in [4.78, 5) is 22.7. The Kier molecular flexibility index (Phi) is 6.72. The minimum atomic E-state index is -0.167. The largest absolute Gasteiger partial charge is 0.466 e. The van der Waals surface area contributed by atoms with Gasteiger partial charge in [-0.15, -0.1) is 0 Å². The number of unbranched alkanes of at least 4 members (excludes halogenated alkanes) is 3. The Hall–Kier alpha value is -1.10. The second kappa shape index (κ2) is 8.08. The van der Waals surface area contributed by atoms with Gasteiger partial charge in [0.1, 0.15) is 0 Å². The van der Waals surface area contributed by atoms with E-state index in [0.717, 1.165) is 12.8 Å².